The molecule has 0 N–H and O–H groups in total. The molecule has 3 fully saturated rings. The lowest BCUT2D eigenvalue weighted by molar-refractivity contribution is 0.0595. The van der Waals surface area contributed by atoms with Crippen LogP contribution in [0.1, 0.15) is 51.9 Å². The summed E-state index contributed by atoms with van der Waals surface area (Å²) >= 11 is 0. The highest BCUT2D eigenvalue weighted by atomic mass is 16.5. The van der Waals surface area contributed by atoms with Crippen molar-refractivity contribution in [2.45, 2.75) is 31.3 Å². The minimum absolute atomic E-state index is 0.0645. The number of carbonyl (C=O) groups excluding carboxylic acids is 1. The average molecular weight is 557 g/mol. The molecule has 216 valence electrons. The SMILES string of the molecule is COc1cc(C2CN(C(=O)c3cc(OCCN4CCN(C)CC4)ccn3)C2)ccc1OCc1ccc(C2CC2)cc1. The molecule has 41 heavy (non-hydrogen) atoms. The van der Waals surface area contributed by atoms with Gasteiger partial charge in [-0.3, -0.25) is 14.7 Å². The molecular weight excluding hydrogens is 516 g/mol. The highest BCUT2D eigenvalue weighted by molar-refractivity contribution is 5.93. The van der Waals surface area contributed by atoms with E-state index in [1.165, 1.54) is 18.4 Å². The predicted octanol–water partition coefficient (Wildman–Crippen LogP) is 4.41. The first kappa shape index (κ1) is 27.5. The molecule has 3 aromatic rings. The number of hydrogen-bond donors (Lipinski definition) is 0. The standard InChI is InChI=1S/C33H40N4O4/c1-35-13-15-36(16-14-35)17-18-40-29-11-12-34-30(20-29)33(38)37-21-28(22-37)27-9-10-31(32(19-27)39-2)41-23-24-3-5-25(6-4-24)26-7-8-26/h3-6,9-12,19-20,26,28H,7-8,13-18,21-23H2,1-2H3. The molecule has 8 heteroatoms. The average Bonchev–Trinajstić information content (AvgIpc) is 3.83. The second-order valence-electron chi connectivity index (χ2n) is 11.5. The normalized spacial score (nSPS) is 18.1. The molecule has 3 heterocycles. The van der Waals surface area contributed by atoms with Gasteiger partial charge in [-0.2, -0.15) is 0 Å². The third kappa shape index (κ3) is 6.82. The summed E-state index contributed by atoms with van der Waals surface area (Å²) in [4.78, 5) is 24.0. The fraction of sp³-hybridized carbons (Fsp3) is 0.455. The highest BCUT2D eigenvalue weighted by Crippen LogP contribution is 2.40. The van der Waals surface area contributed by atoms with Crippen LogP contribution in [0, 0.1) is 0 Å². The fourth-order valence-electron chi connectivity index (χ4n) is 5.52. The maximum atomic E-state index is 13.1. The van der Waals surface area contributed by atoms with Gasteiger partial charge in [-0.1, -0.05) is 30.3 Å². The molecule has 2 saturated heterocycles. The van der Waals surface area contributed by atoms with E-state index in [4.69, 9.17) is 14.2 Å². The molecule has 0 bridgehead atoms. The van der Waals surface area contributed by atoms with E-state index in [1.54, 1.807) is 19.4 Å². The van der Waals surface area contributed by atoms with Crippen LogP contribution in [0.25, 0.3) is 0 Å². The van der Waals surface area contributed by atoms with Crippen LogP contribution in [0.2, 0.25) is 0 Å². The summed E-state index contributed by atoms with van der Waals surface area (Å²) in [6.07, 6.45) is 4.27. The van der Waals surface area contributed by atoms with E-state index in [9.17, 15) is 4.79 Å². The number of amides is 1. The lowest BCUT2D eigenvalue weighted by atomic mass is 9.91. The number of benzene rings is 2. The van der Waals surface area contributed by atoms with Gasteiger partial charge in [0.2, 0.25) is 0 Å². The van der Waals surface area contributed by atoms with Crippen molar-refractivity contribution in [3.8, 4) is 17.2 Å². The summed E-state index contributed by atoms with van der Waals surface area (Å²) in [6.45, 7) is 7.57. The summed E-state index contributed by atoms with van der Waals surface area (Å²) in [7, 11) is 3.82. The van der Waals surface area contributed by atoms with Crippen LogP contribution in [0.4, 0.5) is 0 Å². The van der Waals surface area contributed by atoms with Gasteiger partial charge in [-0.05, 0) is 60.7 Å². The quantitative estimate of drug-likeness (QED) is 0.347. The van der Waals surface area contributed by atoms with Gasteiger partial charge in [0.15, 0.2) is 11.5 Å². The minimum Gasteiger partial charge on any atom is -0.493 e. The van der Waals surface area contributed by atoms with Crippen LogP contribution in [0.3, 0.4) is 0 Å². The van der Waals surface area contributed by atoms with Crippen molar-refractivity contribution in [3.05, 3.63) is 83.2 Å². The topological polar surface area (TPSA) is 67.4 Å². The Morgan fingerprint density at radius 3 is 2.37 bits per heavy atom. The van der Waals surface area contributed by atoms with Crippen LogP contribution in [-0.2, 0) is 6.61 Å². The van der Waals surface area contributed by atoms with Gasteiger partial charge >= 0.3 is 0 Å². The van der Waals surface area contributed by atoms with Gasteiger partial charge in [0.25, 0.3) is 5.91 Å². The first-order valence-corrected chi connectivity index (χ1v) is 14.7. The van der Waals surface area contributed by atoms with Gasteiger partial charge in [-0.25, -0.2) is 0 Å². The minimum atomic E-state index is -0.0645. The van der Waals surface area contributed by atoms with Crippen LogP contribution in [0.5, 0.6) is 17.2 Å². The van der Waals surface area contributed by atoms with Crippen molar-refractivity contribution in [2.75, 3.05) is 66.6 Å². The molecule has 2 aromatic carbocycles. The van der Waals surface area contributed by atoms with Gasteiger partial charge in [0, 0.05) is 64.0 Å². The van der Waals surface area contributed by atoms with E-state index < -0.39 is 0 Å². The molecule has 3 aliphatic rings. The number of aromatic nitrogens is 1. The number of likely N-dealkylation sites (N-methyl/N-ethyl adjacent to an activating group) is 1. The molecule has 6 rings (SSSR count). The van der Waals surface area contributed by atoms with Gasteiger partial charge in [-0.15, -0.1) is 0 Å². The molecule has 0 radical (unpaired) electrons. The predicted molar refractivity (Wildman–Crippen MR) is 158 cm³/mol. The molecule has 1 amide bonds. The van der Waals surface area contributed by atoms with Crippen molar-refractivity contribution in [1.29, 1.82) is 0 Å². The zero-order valence-electron chi connectivity index (χ0n) is 24.1. The van der Waals surface area contributed by atoms with Crippen LogP contribution >= 0.6 is 0 Å². The van der Waals surface area contributed by atoms with E-state index in [-0.39, 0.29) is 11.8 Å². The summed E-state index contributed by atoms with van der Waals surface area (Å²) < 4.78 is 17.7. The molecule has 8 nitrogen and oxygen atoms in total. The first-order valence-electron chi connectivity index (χ1n) is 14.7. The van der Waals surface area contributed by atoms with Gasteiger partial charge in [0.1, 0.15) is 24.7 Å². The summed E-state index contributed by atoms with van der Waals surface area (Å²) in [5.41, 5.74) is 4.14. The second-order valence-corrected chi connectivity index (χ2v) is 11.5. The summed E-state index contributed by atoms with van der Waals surface area (Å²) in [5.74, 6) is 3.07. The van der Waals surface area contributed by atoms with Crippen LogP contribution < -0.4 is 14.2 Å². The van der Waals surface area contributed by atoms with Crippen molar-refractivity contribution in [2.24, 2.45) is 0 Å². The number of pyridine rings is 1. The van der Waals surface area contributed by atoms with Crippen LogP contribution in [0.15, 0.2) is 60.8 Å². The lowest BCUT2D eigenvalue weighted by Gasteiger charge is -2.39. The van der Waals surface area contributed by atoms with E-state index >= 15 is 0 Å². The Bertz CT molecular complexity index is 1330. The van der Waals surface area contributed by atoms with Crippen molar-refractivity contribution in [3.63, 3.8) is 0 Å². The smallest absolute Gasteiger partial charge is 0.272 e. The first-order chi connectivity index (χ1) is 20.1. The molecule has 1 aromatic heterocycles. The number of likely N-dealkylation sites (tertiary alicyclic amines) is 1. The maximum absolute atomic E-state index is 13.1. The second kappa shape index (κ2) is 12.5. The fourth-order valence-corrected chi connectivity index (χ4v) is 5.52. The van der Waals surface area contributed by atoms with Gasteiger partial charge in [0.05, 0.1) is 7.11 Å². The van der Waals surface area contributed by atoms with E-state index in [1.807, 2.05) is 23.1 Å². The molecule has 2 aliphatic heterocycles. The lowest BCUT2D eigenvalue weighted by Crippen LogP contribution is -2.48. The Hall–Kier alpha value is -3.62. The highest BCUT2D eigenvalue weighted by Gasteiger charge is 2.33. The maximum Gasteiger partial charge on any atom is 0.272 e. The van der Waals surface area contributed by atoms with E-state index in [2.05, 4.69) is 52.2 Å². The Morgan fingerprint density at radius 1 is 0.878 bits per heavy atom. The molecule has 0 spiro atoms. The zero-order valence-corrected chi connectivity index (χ0v) is 24.1. The largest absolute Gasteiger partial charge is 0.493 e. The number of methoxy groups -OCH3 is 1. The molecule has 1 saturated carbocycles. The third-order valence-electron chi connectivity index (χ3n) is 8.47. The van der Waals surface area contributed by atoms with Crippen molar-refractivity contribution >= 4 is 5.91 Å². The monoisotopic (exact) mass is 556 g/mol. The Balaban J connectivity index is 0.985. The number of nitrogens with zero attached hydrogens (tertiary/aromatic N) is 4. The Labute approximate surface area is 242 Å². The Kier molecular flexibility index (Phi) is 8.39. The number of carbonyl (C=O) groups is 1. The van der Waals surface area contributed by atoms with Crippen molar-refractivity contribution < 1.29 is 19.0 Å². The summed E-state index contributed by atoms with van der Waals surface area (Å²) in [5, 5.41) is 0. The van der Waals surface area contributed by atoms with Gasteiger partial charge < -0.3 is 24.0 Å². The number of ether oxygens (including phenoxy) is 3. The number of piperazine rings is 1. The van der Waals surface area contributed by atoms with E-state index in [0.29, 0.717) is 43.5 Å². The van der Waals surface area contributed by atoms with Crippen molar-refractivity contribution in [1.82, 2.24) is 19.7 Å². The molecule has 0 unspecified atom stereocenters. The molecule has 1 aliphatic carbocycles. The number of rotatable bonds is 11. The third-order valence-corrected chi connectivity index (χ3v) is 8.47. The summed E-state index contributed by atoms with van der Waals surface area (Å²) in [6, 6.07) is 18.4. The molecular formula is C33H40N4O4. The van der Waals surface area contributed by atoms with E-state index in [0.717, 1.165) is 55.5 Å². The Morgan fingerprint density at radius 2 is 1.63 bits per heavy atom. The number of hydrogen-bond acceptors (Lipinski definition) is 7. The zero-order chi connectivity index (χ0) is 28.2. The van der Waals surface area contributed by atoms with Crippen LogP contribution in [-0.4, -0.2) is 92.2 Å². The molecule has 0 atom stereocenters.